The van der Waals surface area contributed by atoms with Crippen LogP contribution in [-0.4, -0.2) is 73.4 Å². The Morgan fingerprint density at radius 3 is 1.10 bits per heavy atom. The Bertz CT molecular complexity index is 2880. The molecule has 0 amide bonds. The predicted molar refractivity (Wildman–Crippen MR) is 320 cm³/mol. The number of hydrogen-bond donors (Lipinski definition) is 4. The van der Waals surface area contributed by atoms with Gasteiger partial charge in [-0.25, -0.2) is 4.89 Å². The molecule has 2 heterocycles. The summed E-state index contributed by atoms with van der Waals surface area (Å²) >= 11 is 0. The molecule has 0 saturated heterocycles. The summed E-state index contributed by atoms with van der Waals surface area (Å²) in [5.74, 6) is -1.12. The topological polar surface area (TPSA) is 189 Å². The average molecular weight is 1110 g/mol. The van der Waals surface area contributed by atoms with Crippen LogP contribution in [0.4, 0.5) is 0 Å². The predicted octanol–water partition coefficient (Wildman–Crippen LogP) is 12.2. The van der Waals surface area contributed by atoms with Gasteiger partial charge < -0.3 is 25.5 Å². The maximum Gasteiger partial charge on any atom is 1.00 e. The van der Waals surface area contributed by atoms with Crippen LogP contribution in [0.15, 0.2) is 110 Å². The largest absolute Gasteiger partial charge is 1.00 e. The van der Waals surface area contributed by atoms with Crippen molar-refractivity contribution in [2.24, 2.45) is 0 Å². The van der Waals surface area contributed by atoms with Gasteiger partial charge in [0.05, 0.1) is 38.3 Å². The summed E-state index contributed by atoms with van der Waals surface area (Å²) < 4.78 is 4.82. The monoisotopic (exact) mass is 1100 g/mol. The fraction of sp³-hybridized carbons (Fsp3) is 0.471. The van der Waals surface area contributed by atoms with Gasteiger partial charge in [0.2, 0.25) is 0 Å². The summed E-state index contributed by atoms with van der Waals surface area (Å²) in [5.41, 5.74) is 17.2. The number of nitrogens with zero attached hydrogens (tertiary/aromatic N) is 2. The molecular formula is C68H93N2NaO9. The molecule has 0 spiro atoms. The molecule has 0 aliphatic carbocycles. The van der Waals surface area contributed by atoms with Crippen molar-refractivity contribution in [1.82, 2.24) is 9.97 Å². The van der Waals surface area contributed by atoms with E-state index >= 15 is 0 Å². The molecule has 6 aromatic rings. The van der Waals surface area contributed by atoms with Crippen molar-refractivity contribution in [3.63, 3.8) is 0 Å². The van der Waals surface area contributed by atoms with Crippen molar-refractivity contribution in [3.8, 4) is 22.3 Å². The maximum absolute atomic E-state index is 11.7. The molecule has 4 aromatic carbocycles. The third-order valence-electron chi connectivity index (χ3n) is 17.3. The minimum atomic E-state index is -0.852. The first-order chi connectivity index (χ1) is 37.2. The average Bonchev–Trinajstić information content (AvgIpc) is 3.43. The van der Waals surface area contributed by atoms with E-state index in [1.807, 2.05) is 18.3 Å². The van der Waals surface area contributed by atoms with E-state index in [1.54, 1.807) is 18.6 Å². The number of carboxylic acid groups (broad SMARTS) is 1. The summed E-state index contributed by atoms with van der Waals surface area (Å²) in [7, 11) is 2.59. The normalized spacial score (nSPS) is 11.5. The third-order valence-corrected chi connectivity index (χ3v) is 17.3. The number of pyridine rings is 2. The van der Waals surface area contributed by atoms with Crippen molar-refractivity contribution in [1.29, 1.82) is 0 Å². The van der Waals surface area contributed by atoms with E-state index in [0.717, 1.165) is 110 Å². The van der Waals surface area contributed by atoms with E-state index in [2.05, 4.69) is 171 Å². The molecule has 6 rings (SSSR count). The second-order valence-corrected chi connectivity index (χ2v) is 21.5. The van der Waals surface area contributed by atoms with Gasteiger partial charge in [0, 0.05) is 46.7 Å². The SMILES string of the molecule is CCC(O)(CC)CCc1ccc(C(CC)(CC)c2ccc(-c3cncc(CC(=O)O)c3)c(C)c2)cc1C.CCC(O)(CC)CCc1ccc(C(CC)(CC)c2ccc(-c3cncc(CC(=O)OC)c3)c(C)c2)cc1C.COO.[Na+].[OH-]. The smallest absolute Gasteiger partial charge is 0.870 e. The number of methoxy groups -OCH3 is 1. The van der Waals surface area contributed by atoms with Gasteiger partial charge in [-0.05, 0) is 195 Å². The van der Waals surface area contributed by atoms with Crippen molar-refractivity contribution >= 4 is 11.9 Å². The van der Waals surface area contributed by atoms with E-state index in [9.17, 15) is 19.8 Å². The van der Waals surface area contributed by atoms with Crippen LogP contribution in [0.2, 0.25) is 0 Å². The fourth-order valence-electron chi connectivity index (χ4n) is 11.4. The van der Waals surface area contributed by atoms with E-state index in [1.165, 1.54) is 64.3 Å². The van der Waals surface area contributed by atoms with Gasteiger partial charge in [0.15, 0.2) is 0 Å². The zero-order valence-corrected chi connectivity index (χ0v) is 53.1. The summed E-state index contributed by atoms with van der Waals surface area (Å²) in [5, 5.41) is 37.7. The minimum Gasteiger partial charge on any atom is -0.870 e. The molecule has 80 heavy (non-hydrogen) atoms. The molecule has 11 nitrogen and oxygen atoms in total. The number of benzene rings is 4. The first kappa shape index (κ1) is 71.0. The fourth-order valence-corrected chi connectivity index (χ4v) is 11.4. The number of rotatable bonds is 24. The molecule has 0 radical (unpaired) electrons. The Balaban J connectivity index is 0.000000509. The van der Waals surface area contributed by atoms with Crippen LogP contribution < -0.4 is 29.6 Å². The van der Waals surface area contributed by atoms with E-state index in [0.29, 0.717) is 5.56 Å². The number of aliphatic hydroxyl groups is 2. The molecule has 12 heteroatoms. The number of carboxylic acids is 1. The van der Waals surface area contributed by atoms with Crippen LogP contribution in [0.1, 0.15) is 186 Å². The quantitative estimate of drug-likeness (QED) is 0.0195. The van der Waals surface area contributed by atoms with Crippen LogP contribution in [0, 0.1) is 27.7 Å². The number of aryl methyl sites for hydroxylation is 6. The second-order valence-electron chi connectivity index (χ2n) is 21.5. The summed E-state index contributed by atoms with van der Waals surface area (Å²) in [6.45, 7) is 26.0. The van der Waals surface area contributed by atoms with Gasteiger partial charge in [0.25, 0.3) is 0 Å². The molecule has 430 valence electrons. The Labute approximate surface area is 501 Å². The Kier molecular flexibility index (Phi) is 29.4. The molecule has 5 N–H and O–H groups in total. The Morgan fingerprint density at radius 2 is 0.812 bits per heavy atom. The van der Waals surface area contributed by atoms with Crippen molar-refractivity contribution in [3.05, 3.63) is 176 Å². The first-order valence-corrected chi connectivity index (χ1v) is 28.4. The molecule has 0 aliphatic rings. The van der Waals surface area contributed by atoms with Crippen molar-refractivity contribution in [2.75, 3.05) is 14.2 Å². The van der Waals surface area contributed by atoms with E-state index in [-0.39, 0.29) is 64.7 Å². The van der Waals surface area contributed by atoms with Crippen LogP contribution in [-0.2, 0) is 55.7 Å². The van der Waals surface area contributed by atoms with Crippen molar-refractivity contribution in [2.45, 2.75) is 195 Å². The van der Waals surface area contributed by atoms with Gasteiger partial charge in [0.1, 0.15) is 0 Å². The standard InChI is InChI=1S/C34H45NO3.C33H43NO3.CH4O2.Na.H2O/c1-8-33(37,9-2)17-16-27-12-13-29(18-24(27)5)34(10-3,11-4)30-14-15-31(25(6)19-30)28-20-26(22-35-23-28)21-32(36)38-7;1-7-32(37,8-2)16-15-26-11-12-28(17-23(26)5)33(9-3,10-4)29-13-14-30(24(6)18-29)27-19-25(20-31(35)36)21-34-22-27;1-3-2;;/h12-15,18-20,22-23,37H,8-11,16-17,21H2,1-7H3;11-14,17-19,21-22,37H,7-10,15-16,20H2,1-6H3,(H,35,36);2H,1H3;;1H2/q;;;+1;/p-1. The Hall–Kier alpha value is -5.08. The number of aliphatic carboxylic acids is 1. The zero-order chi connectivity index (χ0) is 57.8. The maximum atomic E-state index is 11.7. The van der Waals surface area contributed by atoms with E-state index in [4.69, 9.17) is 15.1 Å². The van der Waals surface area contributed by atoms with Crippen LogP contribution in [0.5, 0.6) is 0 Å². The number of carbonyl (C=O) groups is 2. The van der Waals surface area contributed by atoms with Gasteiger partial charge in [-0.1, -0.05) is 128 Å². The van der Waals surface area contributed by atoms with Gasteiger partial charge in [-0.3, -0.25) is 24.8 Å². The van der Waals surface area contributed by atoms with Gasteiger partial charge in [-0.15, -0.1) is 0 Å². The molecule has 2 aromatic heterocycles. The van der Waals surface area contributed by atoms with Gasteiger partial charge in [-0.2, -0.15) is 0 Å². The van der Waals surface area contributed by atoms with Crippen LogP contribution >= 0.6 is 0 Å². The first-order valence-electron chi connectivity index (χ1n) is 28.4. The Morgan fingerprint density at radius 1 is 0.487 bits per heavy atom. The molecule has 0 atom stereocenters. The van der Waals surface area contributed by atoms with Crippen LogP contribution in [0.3, 0.4) is 0 Å². The summed E-state index contributed by atoms with van der Waals surface area (Å²) in [6.07, 6.45) is 17.7. The molecule has 0 saturated carbocycles. The van der Waals surface area contributed by atoms with Crippen molar-refractivity contribution < 1.29 is 74.8 Å². The second kappa shape index (κ2) is 33.1. The summed E-state index contributed by atoms with van der Waals surface area (Å²) in [4.78, 5) is 34.8. The number of aromatic nitrogens is 2. The minimum absolute atomic E-state index is 0. The number of ether oxygens (including phenoxy) is 1. The summed E-state index contributed by atoms with van der Waals surface area (Å²) in [6, 6.07) is 31.2. The zero-order valence-electron chi connectivity index (χ0n) is 51.1. The molecule has 0 fully saturated rings. The van der Waals surface area contributed by atoms with E-state index < -0.39 is 17.2 Å². The molecular weight excluding hydrogens is 1010 g/mol. The van der Waals surface area contributed by atoms with Gasteiger partial charge >= 0.3 is 41.5 Å². The molecule has 0 aliphatic heterocycles. The number of hydrogen-bond acceptors (Lipinski definition) is 10. The number of esters is 1. The number of carbonyl (C=O) groups excluding carboxylic acids is 1. The van der Waals surface area contributed by atoms with Crippen LogP contribution in [0.25, 0.3) is 22.3 Å². The third kappa shape index (κ3) is 18.0. The molecule has 0 unspecified atom stereocenters. The molecule has 0 bridgehead atoms.